The fraction of sp³-hybridized carbons (Fsp3) is 0. The second kappa shape index (κ2) is 12.5. The minimum absolute atomic E-state index is 0.917. The molecule has 0 spiro atoms. The molecule has 12 rings (SSSR count). The minimum Gasteiger partial charge on any atom is -0.455 e. The van der Waals surface area contributed by atoms with Gasteiger partial charge in [0.2, 0.25) is 0 Å². The molecule has 0 aliphatic heterocycles. The molecule has 0 bridgehead atoms. The van der Waals surface area contributed by atoms with E-state index in [1.54, 1.807) is 0 Å². The molecule has 0 saturated heterocycles. The van der Waals surface area contributed by atoms with E-state index in [0.29, 0.717) is 0 Å². The summed E-state index contributed by atoms with van der Waals surface area (Å²) in [5.74, 6) is 0. The first-order valence-corrected chi connectivity index (χ1v) is 19.5. The fourth-order valence-electron chi connectivity index (χ4n) is 9.05. The number of hydrogen-bond donors (Lipinski definition) is 0. The highest BCUT2D eigenvalue weighted by Crippen LogP contribution is 2.39. The number of fused-ring (bicyclic) bond motifs is 9. The molecule has 0 unspecified atom stereocenters. The zero-order valence-corrected chi connectivity index (χ0v) is 30.9. The van der Waals surface area contributed by atoms with E-state index in [1.807, 2.05) is 12.1 Å². The van der Waals surface area contributed by atoms with Gasteiger partial charge in [-0.2, -0.15) is 0 Å². The van der Waals surface area contributed by atoms with Gasteiger partial charge in [-0.1, -0.05) is 152 Å². The van der Waals surface area contributed by atoms with Gasteiger partial charge in [0, 0.05) is 49.3 Å². The molecule has 266 valence electrons. The highest BCUT2D eigenvalue weighted by molar-refractivity contribution is 6.13. The third-order valence-electron chi connectivity index (χ3n) is 11.8. The Kier molecular flexibility index (Phi) is 6.93. The number of aromatic nitrogens is 2. The Morgan fingerprint density at radius 1 is 0.281 bits per heavy atom. The maximum Gasteiger partial charge on any atom is 0.143 e. The Balaban J connectivity index is 0.935. The van der Waals surface area contributed by atoms with Crippen LogP contribution in [0.4, 0.5) is 0 Å². The fourth-order valence-corrected chi connectivity index (χ4v) is 9.05. The Hall–Kier alpha value is -7.62. The molecular formula is C54H34N2O. The number of rotatable bonds is 5. The van der Waals surface area contributed by atoms with E-state index in [1.165, 1.54) is 65.9 Å². The number of benzene rings is 9. The standard InChI is InChI=1S/C54H34N2O/c1-2-11-40(12-3-1)55-49-18-7-4-13-43(49)45-31-27-38(33-51(45)55)39-28-32-46-44-14-5-8-19-50(44)56(52(46)34-39)41-29-25-36(26-30-41)35-21-23-37(24-22-35)42-16-10-17-48-47-15-6-9-20-53(47)57-54(42)48/h1-34H. The largest absolute Gasteiger partial charge is 0.455 e. The van der Waals surface area contributed by atoms with E-state index in [4.69, 9.17) is 4.42 Å². The molecule has 9 aromatic carbocycles. The number of nitrogens with zero attached hydrogens (tertiary/aromatic N) is 2. The van der Waals surface area contributed by atoms with Crippen molar-refractivity contribution in [3.63, 3.8) is 0 Å². The lowest BCUT2D eigenvalue weighted by Gasteiger charge is -2.11. The SMILES string of the molecule is c1ccc(-n2c3ccccc3c3ccc(-c4ccc5c6ccccc6n(-c6ccc(-c7ccc(-c8cccc9c8oc8ccccc89)cc7)cc6)c5c4)cc32)cc1. The summed E-state index contributed by atoms with van der Waals surface area (Å²) in [6, 6.07) is 74.5. The van der Waals surface area contributed by atoms with Crippen molar-refractivity contribution in [3.8, 4) is 44.8 Å². The van der Waals surface area contributed by atoms with Crippen LogP contribution in [0, 0.1) is 0 Å². The van der Waals surface area contributed by atoms with Crippen LogP contribution in [-0.2, 0) is 0 Å². The molecule has 12 aromatic rings. The summed E-state index contributed by atoms with van der Waals surface area (Å²) in [4.78, 5) is 0. The van der Waals surface area contributed by atoms with E-state index < -0.39 is 0 Å². The lowest BCUT2D eigenvalue weighted by molar-refractivity contribution is 0.670. The summed E-state index contributed by atoms with van der Waals surface area (Å²) >= 11 is 0. The van der Waals surface area contributed by atoms with Crippen LogP contribution in [0.5, 0.6) is 0 Å². The predicted molar refractivity (Wildman–Crippen MR) is 239 cm³/mol. The Morgan fingerprint density at radius 3 is 1.37 bits per heavy atom. The van der Waals surface area contributed by atoms with Gasteiger partial charge in [0.05, 0.1) is 22.1 Å². The van der Waals surface area contributed by atoms with Gasteiger partial charge in [-0.25, -0.2) is 0 Å². The summed E-state index contributed by atoms with van der Waals surface area (Å²) in [5.41, 5.74) is 15.9. The van der Waals surface area contributed by atoms with Gasteiger partial charge in [0.25, 0.3) is 0 Å². The maximum atomic E-state index is 6.34. The molecule has 0 radical (unpaired) electrons. The lowest BCUT2D eigenvalue weighted by Crippen LogP contribution is -1.94. The molecule has 0 aliphatic rings. The van der Waals surface area contributed by atoms with Gasteiger partial charge in [-0.05, 0) is 82.4 Å². The van der Waals surface area contributed by atoms with Crippen molar-refractivity contribution in [2.24, 2.45) is 0 Å². The van der Waals surface area contributed by atoms with Crippen LogP contribution in [0.25, 0.3) is 110 Å². The second-order valence-electron chi connectivity index (χ2n) is 14.9. The Morgan fingerprint density at radius 2 is 0.737 bits per heavy atom. The van der Waals surface area contributed by atoms with Crippen LogP contribution < -0.4 is 0 Å². The molecule has 0 aliphatic carbocycles. The lowest BCUT2D eigenvalue weighted by atomic mass is 9.98. The zero-order valence-electron chi connectivity index (χ0n) is 30.9. The quantitative estimate of drug-likeness (QED) is 0.173. The van der Waals surface area contributed by atoms with Crippen LogP contribution in [-0.4, -0.2) is 9.13 Å². The summed E-state index contributed by atoms with van der Waals surface area (Å²) in [6.45, 7) is 0. The van der Waals surface area contributed by atoms with Crippen molar-refractivity contribution >= 4 is 65.6 Å². The van der Waals surface area contributed by atoms with Crippen molar-refractivity contribution in [3.05, 3.63) is 206 Å². The van der Waals surface area contributed by atoms with Crippen molar-refractivity contribution in [1.82, 2.24) is 9.13 Å². The van der Waals surface area contributed by atoms with E-state index >= 15 is 0 Å². The molecule has 0 atom stereocenters. The molecule has 57 heavy (non-hydrogen) atoms. The molecule has 3 nitrogen and oxygen atoms in total. The van der Waals surface area contributed by atoms with E-state index in [0.717, 1.165) is 44.4 Å². The van der Waals surface area contributed by atoms with E-state index in [-0.39, 0.29) is 0 Å². The van der Waals surface area contributed by atoms with Crippen molar-refractivity contribution in [2.45, 2.75) is 0 Å². The summed E-state index contributed by atoms with van der Waals surface area (Å²) in [7, 11) is 0. The first-order chi connectivity index (χ1) is 28.3. The smallest absolute Gasteiger partial charge is 0.143 e. The average Bonchev–Trinajstić information content (AvgIpc) is 3.94. The predicted octanol–water partition coefficient (Wildman–Crippen LogP) is 14.8. The molecule has 3 aromatic heterocycles. The molecule has 0 N–H and O–H groups in total. The third kappa shape index (κ3) is 4.92. The molecule has 0 fully saturated rings. The number of furan rings is 1. The minimum atomic E-state index is 0.917. The zero-order chi connectivity index (χ0) is 37.5. The summed E-state index contributed by atoms with van der Waals surface area (Å²) in [5, 5.41) is 7.30. The van der Waals surface area contributed by atoms with Gasteiger partial charge >= 0.3 is 0 Å². The van der Waals surface area contributed by atoms with Gasteiger partial charge < -0.3 is 13.6 Å². The number of para-hydroxylation sites is 5. The molecular weight excluding hydrogens is 693 g/mol. The molecule has 3 heteroatoms. The highest BCUT2D eigenvalue weighted by Gasteiger charge is 2.17. The van der Waals surface area contributed by atoms with Crippen LogP contribution in [0.3, 0.4) is 0 Å². The molecule has 0 amide bonds. The van der Waals surface area contributed by atoms with Gasteiger partial charge in [0.15, 0.2) is 0 Å². The van der Waals surface area contributed by atoms with Gasteiger partial charge in [0.1, 0.15) is 11.2 Å². The monoisotopic (exact) mass is 726 g/mol. The summed E-state index contributed by atoms with van der Waals surface area (Å²) in [6.07, 6.45) is 0. The van der Waals surface area contributed by atoms with Crippen molar-refractivity contribution in [2.75, 3.05) is 0 Å². The first kappa shape index (κ1) is 31.7. The van der Waals surface area contributed by atoms with Gasteiger partial charge in [-0.3, -0.25) is 0 Å². The van der Waals surface area contributed by atoms with Crippen LogP contribution in [0.2, 0.25) is 0 Å². The summed E-state index contributed by atoms with van der Waals surface area (Å²) < 4.78 is 11.1. The number of hydrogen-bond acceptors (Lipinski definition) is 1. The van der Waals surface area contributed by atoms with Crippen molar-refractivity contribution in [1.29, 1.82) is 0 Å². The van der Waals surface area contributed by atoms with E-state index in [9.17, 15) is 0 Å². The second-order valence-corrected chi connectivity index (χ2v) is 14.9. The van der Waals surface area contributed by atoms with Crippen LogP contribution in [0.15, 0.2) is 211 Å². The van der Waals surface area contributed by atoms with E-state index in [2.05, 4.69) is 203 Å². The topological polar surface area (TPSA) is 23.0 Å². The normalized spacial score (nSPS) is 11.9. The van der Waals surface area contributed by atoms with Gasteiger partial charge in [-0.15, -0.1) is 0 Å². The van der Waals surface area contributed by atoms with Crippen molar-refractivity contribution < 1.29 is 4.42 Å². The highest BCUT2D eigenvalue weighted by atomic mass is 16.3. The molecule has 0 saturated carbocycles. The van der Waals surface area contributed by atoms with Crippen LogP contribution >= 0.6 is 0 Å². The van der Waals surface area contributed by atoms with Crippen LogP contribution in [0.1, 0.15) is 0 Å². The Bertz CT molecular complexity index is 3490. The first-order valence-electron chi connectivity index (χ1n) is 19.5. The molecule has 3 heterocycles. The maximum absolute atomic E-state index is 6.34. The third-order valence-corrected chi connectivity index (χ3v) is 11.8. The average molecular weight is 727 g/mol. The Labute approximate surface area is 328 Å².